The van der Waals surface area contributed by atoms with Crippen LogP contribution in [0.2, 0.25) is 0 Å². The molecule has 0 unspecified atom stereocenters. The maximum atomic E-state index is 12.5. The zero-order valence-corrected chi connectivity index (χ0v) is 15.9. The zero-order valence-electron chi connectivity index (χ0n) is 15.9. The molecule has 0 spiro atoms. The van der Waals surface area contributed by atoms with Gasteiger partial charge in [-0.2, -0.15) is 4.98 Å². The van der Waals surface area contributed by atoms with Gasteiger partial charge in [0, 0.05) is 13.6 Å². The van der Waals surface area contributed by atoms with Crippen LogP contribution in [0.3, 0.4) is 0 Å². The van der Waals surface area contributed by atoms with E-state index < -0.39 is 17.4 Å². The summed E-state index contributed by atoms with van der Waals surface area (Å²) in [6.45, 7) is 0.594. The molecular formula is C21H21N5O3. The van der Waals surface area contributed by atoms with Gasteiger partial charge in [0.1, 0.15) is 0 Å². The molecule has 0 aliphatic rings. The molecule has 8 nitrogen and oxygen atoms in total. The van der Waals surface area contributed by atoms with Gasteiger partial charge in [-0.3, -0.25) is 14.3 Å². The van der Waals surface area contributed by atoms with Crippen molar-refractivity contribution in [2.75, 3.05) is 5.32 Å². The first-order chi connectivity index (χ1) is 14.0. The largest absolute Gasteiger partial charge is 0.387 e. The fraction of sp³-hybridized carbons (Fsp3) is 0.190. The third-order valence-electron chi connectivity index (χ3n) is 4.84. The Morgan fingerprint density at radius 3 is 2.41 bits per heavy atom. The van der Waals surface area contributed by atoms with E-state index in [2.05, 4.69) is 15.3 Å². The number of imidazole rings is 1. The van der Waals surface area contributed by atoms with Crippen molar-refractivity contribution in [2.24, 2.45) is 7.05 Å². The number of hydrogen-bond donors (Lipinski definition) is 3. The number of nitrogens with one attached hydrogen (secondary N) is 2. The number of benzene rings is 2. The van der Waals surface area contributed by atoms with Crippen molar-refractivity contribution >= 4 is 17.1 Å². The molecule has 148 valence electrons. The molecule has 4 rings (SSSR count). The van der Waals surface area contributed by atoms with Crippen molar-refractivity contribution in [1.82, 2.24) is 19.1 Å². The van der Waals surface area contributed by atoms with E-state index in [1.165, 1.54) is 4.57 Å². The van der Waals surface area contributed by atoms with Gasteiger partial charge in [0.2, 0.25) is 5.95 Å². The molecule has 0 radical (unpaired) electrons. The molecule has 0 saturated heterocycles. The summed E-state index contributed by atoms with van der Waals surface area (Å²) in [4.78, 5) is 31.3. The highest BCUT2D eigenvalue weighted by molar-refractivity contribution is 5.74. The van der Waals surface area contributed by atoms with Gasteiger partial charge < -0.3 is 15.0 Å². The lowest BCUT2D eigenvalue weighted by molar-refractivity contribution is 0.158. The summed E-state index contributed by atoms with van der Waals surface area (Å²) < 4.78 is 2.91. The van der Waals surface area contributed by atoms with E-state index in [9.17, 15) is 14.7 Å². The van der Waals surface area contributed by atoms with Gasteiger partial charge >= 0.3 is 5.69 Å². The third kappa shape index (κ3) is 3.70. The van der Waals surface area contributed by atoms with Gasteiger partial charge in [0.05, 0.1) is 12.6 Å². The van der Waals surface area contributed by atoms with E-state index in [-0.39, 0.29) is 17.7 Å². The lowest BCUT2D eigenvalue weighted by atomic mass is 10.1. The summed E-state index contributed by atoms with van der Waals surface area (Å²) in [7, 11) is 1.55. The van der Waals surface area contributed by atoms with Crippen LogP contribution in [0.15, 0.2) is 70.3 Å². The predicted octanol–water partition coefficient (Wildman–Crippen LogP) is 1.77. The van der Waals surface area contributed by atoms with E-state index in [1.54, 1.807) is 11.6 Å². The van der Waals surface area contributed by atoms with Gasteiger partial charge in [0.15, 0.2) is 11.2 Å². The number of rotatable bonds is 6. The van der Waals surface area contributed by atoms with Gasteiger partial charge in [-0.05, 0) is 11.1 Å². The van der Waals surface area contributed by atoms with Gasteiger partial charge in [0.25, 0.3) is 5.56 Å². The number of aryl methyl sites for hydroxylation is 1. The second-order valence-electron chi connectivity index (χ2n) is 6.80. The number of aromatic amines is 1. The third-order valence-corrected chi connectivity index (χ3v) is 4.84. The second kappa shape index (κ2) is 7.76. The summed E-state index contributed by atoms with van der Waals surface area (Å²) in [5.41, 5.74) is 1.18. The Morgan fingerprint density at radius 2 is 1.72 bits per heavy atom. The number of anilines is 1. The highest BCUT2D eigenvalue weighted by atomic mass is 16.3. The molecule has 0 aliphatic carbocycles. The first kappa shape index (κ1) is 18.7. The lowest BCUT2D eigenvalue weighted by Gasteiger charge is -2.15. The van der Waals surface area contributed by atoms with Crippen LogP contribution in [0.1, 0.15) is 17.2 Å². The van der Waals surface area contributed by atoms with Crippen LogP contribution in [0.25, 0.3) is 11.2 Å². The van der Waals surface area contributed by atoms with E-state index >= 15 is 0 Å². The first-order valence-corrected chi connectivity index (χ1v) is 9.25. The smallest absolute Gasteiger partial charge is 0.329 e. The van der Waals surface area contributed by atoms with Crippen molar-refractivity contribution in [1.29, 1.82) is 0 Å². The van der Waals surface area contributed by atoms with Crippen LogP contribution >= 0.6 is 0 Å². The molecule has 0 amide bonds. The van der Waals surface area contributed by atoms with Crippen LogP contribution in [0.5, 0.6) is 0 Å². The number of H-pyrrole nitrogens is 1. The number of nitrogens with zero attached hydrogens (tertiary/aromatic N) is 3. The minimum absolute atomic E-state index is 0.110. The monoisotopic (exact) mass is 391 g/mol. The molecule has 8 heteroatoms. The fourth-order valence-corrected chi connectivity index (χ4v) is 3.28. The Morgan fingerprint density at radius 1 is 1.07 bits per heavy atom. The number of hydrogen-bond acceptors (Lipinski definition) is 5. The SMILES string of the molecule is Cn1c(=O)[nH]c(=O)c2c1nc(NCc1ccccc1)n2C[C@H](O)c1ccccc1. The standard InChI is InChI=1S/C21H21N5O3/c1-25-18-17(19(28)24-21(25)29)26(13-16(27)15-10-6-3-7-11-15)20(23-18)22-12-14-8-4-2-5-9-14/h2-11,16,27H,12-13H2,1H3,(H,22,23)(H,24,28,29)/t16-/m0/s1. The van der Waals surface area contributed by atoms with E-state index in [0.717, 1.165) is 11.1 Å². The van der Waals surface area contributed by atoms with Gasteiger partial charge in [-0.1, -0.05) is 60.7 Å². The highest BCUT2D eigenvalue weighted by Gasteiger charge is 2.20. The summed E-state index contributed by atoms with van der Waals surface area (Å²) in [6, 6.07) is 19.0. The van der Waals surface area contributed by atoms with Crippen LogP contribution in [-0.2, 0) is 20.1 Å². The first-order valence-electron chi connectivity index (χ1n) is 9.25. The molecule has 2 aromatic carbocycles. The molecule has 0 fully saturated rings. The Hall–Kier alpha value is -3.65. The minimum atomic E-state index is -0.845. The van der Waals surface area contributed by atoms with Crippen LogP contribution in [-0.4, -0.2) is 24.2 Å². The van der Waals surface area contributed by atoms with Crippen molar-refractivity contribution in [2.45, 2.75) is 19.2 Å². The van der Waals surface area contributed by atoms with Crippen LogP contribution in [0, 0.1) is 0 Å². The molecule has 2 aromatic heterocycles. The number of aliphatic hydroxyl groups excluding tert-OH is 1. The summed E-state index contributed by atoms with van der Waals surface area (Å²) in [6.07, 6.45) is -0.845. The Balaban J connectivity index is 1.77. The molecule has 29 heavy (non-hydrogen) atoms. The summed E-state index contributed by atoms with van der Waals surface area (Å²) >= 11 is 0. The minimum Gasteiger partial charge on any atom is -0.387 e. The molecular weight excluding hydrogens is 370 g/mol. The van der Waals surface area contributed by atoms with Crippen molar-refractivity contribution < 1.29 is 5.11 Å². The molecule has 0 saturated carbocycles. The van der Waals surface area contributed by atoms with Gasteiger partial charge in [-0.15, -0.1) is 0 Å². The van der Waals surface area contributed by atoms with Crippen LogP contribution in [0.4, 0.5) is 5.95 Å². The Kier molecular flexibility index (Phi) is 5.01. The van der Waals surface area contributed by atoms with Crippen LogP contribution < -0.4 is 16.6 Å². The average molecular weight is 391 g/mol. The molecule has 4 aromatic rings. The number of aliphatic hydroxyl groups is 1. The molecule has 3 N–H and O–H groups in total. The lowest BCUT2D eigenvalue weighted by Crippen LogP contribution is -2.29. The quantitative estimate of drug-likeness (QED) is 0.465. The van der Waals surface area contributed by atoms with Crippen molar-refractivity contribution in [3.05, 3.63) is 92.6 Å². The van der Waals surface area contributed by atoms with E-state index in [0.29, 0.717) is 12.5 Å². The maximum Gasteiger partial charge on any atom is 0.329 e. The zero-order chi connectivity index (χ0) is 20.4. The Labute approximate surface area is 166 Å². The van der Waals surface area contributed by atoms with E-state index in [1.807, 2.05) is 60.7 Å². The topological polar surface area (TPSA) is 105 Å². The summed E-state index contributed by atoms with van der Waals surface area (Å²) in [5, 5.41) is 13.9. The molecule has 0 bridgehead atoms. The van der Waals surface area contributed by atoms with Gasteiger partial charge in [-0.25, -0.2) is 4.79 Å². The average Bonchev–Trinajstić information content (AvgIpc) is 3.11. The second-order valence-corrected chi connectivity index (χ2v) is 6.80. The summed E-state index contributed by atoms with van der Waals surface area (Å²) in [5.74, 6) is 0.408. The number of aromatic nitrogens is 4. The van der Waals surface area contributed by atoms with E-state index in [4.69, 9.17) is 0 Å². The maximum absolute atomic E-state index is 12.5. The Bertz CT molecular complexity index is 1240. The van der Waals surface area contributed by atoms with Crippen molar-refractivity contribution in [3.63, 3.8) is 0 Å². The van der Waals surface area contributed by atoms with Crippen molar-refractivity contribution in [3.8, 4) is 0 Å². The molecule has 2 heterocycles. The fourth-order valence-electron chi connectivity index (χ4n) is 3.28. The molecule has 1 atom stereocenters. The predicted molar refractivity (Wildman–Crippen MR) is 111 cm³/mol. The highest BCUT2D eigenvalue weighted by Crippen LogP contribution is 2.22. The molecule has 0 aliphatic heterocycles. The normalized spacial score (nSPS) is 12.2. The number of fused-ring (bicyclic) bond motifs is 1.